The number of amides is 3. The molecule has 552 valence electrons. The molecule has 3 amide bonds. The molecule has 0 saturated carbocycles. The van der Waals surface area contributed by atoms with E-state index >= 15 is 0 Å². The van der Waals surface area contributed by atoms with Gasteiger partial charge in [-0.25, -0.2) is 4.79 Å². The van der Waals surface area contributed by atoms with E-state index in [1.54, 1.807) is 65.8 Å². The molecule has 0 saturated heterocycles. The maximum atomic E-state index is 12.5. The summed E-state index contributed by atoms with van der Waals surface area (Å²) in [6.07, 6.45) is 0.890. The number of nitrogens with two attached hydrogens (primary N) is 2. The van der Waals surface area contributed by atoms with Crippen molar-refractivity contribution < 1.29 is 218 Å². The average Bonchev–Trinajstić information content (AvgIpc) is 1.65. The van der Waals surface area contributed by atoms with E-state index < -0.39 is 116 Å². The van der Waals surface area contributed by atoms with Crippen molar-refractivity contribution in [2.24, 2.45) is 17.4 Å². The van der Waals surface area contributed by atoms with Crippen LogP contribution in [0.25, 0.3) is 0 Å². The van der Waals surface area contributed by atoms with Crippen LogP contribution in [0.2, 0.25) is 0 Å². The van der Waals surface area contributed by atoms with Gasteiger partial charge in [0.15, 0.2) is 0 Å². The van der Waals surface area contributed by atoms with Crippen LogP contribution in [0, 0.1) is 5.92 Å². The summed E-state index contributed by atoms with van der Waals surface area (Å²) in [7, 11) is -3.57. The SMILES string of the molecule is C.C.CC(=O)O.CC(=O)O[BH-](OC(C)=O)OC(C)=O.CC(=O)O[BH-](OC(C)=O)OC(C)=O.CC(C)(C)OC(=O)CC[C@@H](C(N)=O)N1Cc2c(O)cccc2C1=O.COC(=O)c1cccc(O)c1CC[C@@H](CCC(=O)OC(C)(C)C)C(N)=O.O.O[B-](O)(O)O.[2H]CC(C)=O.[2H]CC(C)=O.[HH].[Na+].[Na+]. The fourth-order valence-electron chi connectivity index (χ4n) is 6.43. The molecule has 0 aromatic heterocycles. The number of nitrogens with zero attached hydrogens (tertiary/aromatic N) is 1. The summed E-state index contributed by atoms with van der Waals surface area (Å²) >= 11 is 0. The Hall–Kier alpha value is -7.52. The summed E-state index contributed by atoms with van der Waals surface area (Å²) in [5.41, 5.74) is 11.1. The number of Topliss-reactive ketones (excluding diaryl/α,β-unsaturated/α-hetero) is 2. The van der Waals surface area contributed by atoms with Crippen LogP contribution in [0.1, 0.15) is 201 Å². The van der Waals surface area contributed by atoms with E-state index in [2.05, 4.69) is 27.9 Å². The smallest absolute Gasteiger partial charge is 0.625 e. The number of carbonyl (C=O) groups excluding carboxylic acids is 14. The Kier molecular flexibility index (Phi) is 62.4. The number of phenols is 2. The third-order valence-electron chi connectivity index (χ3n) is 9.46. The zero-order chi connectivity index (χ0) is 75.5. The first kappa shape index (κ1) is 106. The van der Waals surface area contributed by atoms with Gasteiger partial charge >= 0.3 is 98.6 Å². The van der Waals surface area contributed by atoms with E-state index in [9.17, 15) is 77.3 Å². The van der Waals surface area contributed by atoms with Crippen molar-refractivity contribution >= 4 is 111 Å². The maximum Gasteiger partial charge on any atom is 1.00 e. The second-order valence-corrected chi connectivity index (χ2v) is 21.0. The summed E-state index contributed by atoms with van der Waals surface area (Å²) in [5, 5.41) is 56.3. The molecule has 0 aliphatic carbocycles. The molecule has 40 heteroatoms. The minimum Gasteiger partial charge on any atom is -0.625 e. The van der Waals surface area contributed by atoms with Crippen LogP contribution in [-0.4, -0.2) is 181 Å². The topological polar surface area (TPSA) is 568 Å². The number of aromatic hydroxyl groups is 2. The Balaban J connectivity index is -0.000000110. The van der Waals surface area contributed by atoms with Gasteiger partial charge < -0.3 is 109 Å². The average molecular weight is 1430 g/mol. The van der Waals surface area contributed by atoms with Gasteiger partial charge in [0.1, 0.15) is 40.3 Å². The summed E-state index contributed by atoms with van der Waals surface area (Å²) < 4.78 is 54.3. The molecule has 98 heavy (non-hydrogen) atoms. The minimum absolute atomic E-state index is 0. The van der Waals surface area contributed by atoms with Crippen LogP contribution in [-0.2, 0) is 117 Å². The van der Waals surface area contributed by atoms with Gasteiger partial charge in [0.05, 0.1) is 19.2 Å². The van der Waals surface area contributed by atoms with Crippen molar-refractivity contribution in [3.05, 3.63) is 58.7 Å². The number of methoxy groups -OCH3 is 1. The Morgan fingerprint density at radius 3 is 1.18 bits per heavy atom. The molecule has 0 fully saturated rings. The van der Waals surface area contributed by atoms with Crippen molar-refractivity contribution in [1.82, 2.24) is 4.90 Å². The number of carboxylic acids is 1. The molecule has 0 bridgehead atoms. The number of primary amides is 2. The van der Waals surface area contributed by atoms with Crippen molar-refractivity contribution in [3.63, 3.8) is 0 Å². The molecule has 0 spiro atoms. The molecule has 1 aliphatic heterocycles. The quantitative estimate of drug-likeness (QED) is 0.0366. The van der Waals surface area contributed by atoms with Crippen LogP contribution in [0.15, 0.2) is 36.4 Å². The van der Waals surface area contributed by atoms with Gasteiger partial charge in [-0.1, -0.05) is 27.0 Å². The molecule has 1 heterocycles. The normalized spacial score (nSPS) is 11.1. The minimum atomic E-state index is -4.00. The molecule has 2 aromatic rings. The number of phenolic OH excluding ortho intramolecular Hbond substituents is 2. The fraction of sp³-hybridized carbons (Fsp3) is 0.534. The number of carboxylic acid groups (broad SMARTS) is 1. The second-order valence-electron chi connectivity index (χ2n) is 21.0. The van der Waals surface area contributed by atoms with E-state index in [0.29, 0.717) is 23.1 Å². The van der Waals surface area contributed by atoms with Gasteiger partial charge in [-0.2, -0.15) is 0 Å². The third-order valence-corrected chi connectivity index (χ3v) is 9.46. The maximum absolute atomic E-state index is 12.5. The van der Waals surface area contributed by atoms with E-state index in [1.165, 1.54) is 38.0 Å². The Morgan fingerprint density at radius 1 is 0.592 bits per heavy atom. The van der Waals surface area contributed by atoms with E-state index in [0.717, 1.165) is 48.5 Å². The van der Waals surface area contributed by atoms with Gasteiger partial charge in [0.2, 0.25) is 11.8 Å². The number of rotatable bonds is 19. The standard InChI is InChI=1S/C19H27NO6.C17H22N2O5.2C6H10BO6.2C3H6O.C2H4O2.2CH4.BH4O4.2Na.H2O.H2/c1-19(2,3)26-16(22)11-9-12(17(20)23)8-10-13-14(18(24)25-4)6-5-7-15(13)21;1-17(2,3)24-14(21)8-7-12(15(18)22)19-9-11-10(16(19)23)5-4-6-13(11)20;2*1-4(8)11-7(12-5(2)9)13-6(3)10;2*1-3(2)4;1-2(3)4;;;2-1(3,4)5;;;;/h5-7,12,21H,8-11H2,1-4H3,(H2,20,23);4-6,12,20H,7-9H2,1-3H3,(H2,18,22);2*7H,1-3H3;2*1-2H3;1H3,(H,3,4);2*1H4;2-5H;;;1H2;1H/q;;2*-1;;;;;;-1;2*+1;;/t2*12-;;;;;;;;;;;;/m00............/s1/i;;;;2*1D;;;;;;;;. The number of carbonyl (C=O) groups is 15. The first-order valence-corrected chi connectivity index (χ1v) is 27.4. The molecular formula is C58H101B3N3Na2O32-. The fourth-order valence-corrected chi connectivity index (χ4v) is 6.43. The molecular weight excluding hydrogens is 1330 g/mol. The monoisotopic (exact) mass is 1430 g/mol. The Labute approximate surface area is 619 Å². The number of fused-ring (bicyclic) bond motifs is 1. The van der Waals surface area contributed by atoms with E-state index in [4.69, 9.17) is 58.4 Å². The molecule has 3 rings (SSSR count). The molecule has 0 radical (unpaired) electrons. The van der Waals surface area contributed by atoms with Gasteiger partial charge in [-0.05, 0) is 119 Å². The number of esters is 3. The van der Waals surface area contributed by atoms with Gasteiger partial charge in [0, 0.05) is 88.1 Å². The van der Waals surface area contributed by atoms with Crippen molar-refractivity contribution in [1.29, 1.82) is 0 Å². The van der Waals surface area contributed by atoms with Gasteiger partial charge in [-0.15, -0.1) is 0 Å². The number of hydrogen-bond donors (Lipinski definition) is 9. The number of aliphatic carboxylic acids is 1. The Morgan fingerprint density at radius 2 is 0.908 bits per heavy atom. The van der Waals surface area contributed by atoms with Crippen molar-refractivity contribution in [3.8, 4) is 11.5 Å². The van der Waals surface area contributed by atoms with E-state index in [1.807, 2.05) is 0 Å². The van der Waals surface area contributed by atoms with Crippen LogP contribution in [0.5, 0.6) is 11.5 Å². The zero-order valence-corrected chi connectivity index (χ0v) is 61.5. The zero-order valence-electron chi connectivity index (χ0n) is 59.5. The second kappa shape index (κ2) is 57.4. The van der Waals surface area contributed by atoms with Crippen molar-refractivity contribution in [2.45, 2.75) is 195 Å². The third kappa shape index (κ3) is 68.4. The van der Waals surface area contributed by atoms with Crippen LogP contribution < -0.4 is 70.6 Å². The van der Waals surface area contributed by atoms with Crippen LogP contribution >= 0.6 is 0 Å². The first-order valence-electron chi connectivity index (χ1n) is 28.9. The van der Waals surface area contributed by atoms with Crippen LogP contribution in [0.3, 0.4) is 0 Å². The molecule has 35 nitrogen and oxygen atoms in total. The summed E-state index contributed by atoms with van der Waals surface area (Å²) in [4.78, 5) is 164. The summed E-state index contributed by atoms with van der Waals surface area (Å²) in [6.45, 7) is 17.1. The number of hydrogen-bond acceptors (Lipinski definition) is 30. The summed E-state index contributed by atoms with van der Waals surface area (Å²) in [6, 6.07) is 8.24. The predicted molar refractivity (Wildman–Crippen MR) is 346 cm³/mol. The molecule has 1 aliphatic rings. The molecule has 13 N–H and O–H groups in total. The van der Waals surface area contributed by atoms with Crippen molar-refractivity contribution in [2.75, 3.05) is 7.11 Å². The molecule has 2 aromatic carbocycles. The Bertz CT molecular complexity index is 2770. The number of ketones is 2. The molecule has 0 unspecified atom stereocenters. The number of ether oxygens (including phenoxy) is 3. The first-order chi connectivity index (χ1) is 43.2. The molecule has 2 atom stereocenters. The van der Waals surface area contributed by atoms with Gasteiger partial charge in [-0.3, -0.25) is 57.5 Å². The predicted octanol–water partition coefficient (Wildman–Crippen LogP) is -4.18. The largest absolute Gasteiger partial charge is 1.00 e. The summed E-state index contributed by atoms with van der Waals surface area (Å²) in [5.74, 6) is -8.73. The number of benzene rings is 2. The van der Waals surface area contributed by atoms with E-state index in [-0.39, 0.29) is 168 Å². The van der Waals surface area contributed by atoms with Gasteiger partial charge in [0.25, 0.3) is 47.7 Å². The van der Waals surface area contributed by atoms with Crippen LogP contribution in [0.4, 0.5) is 0 Å².